The second-order valence-corrected chi connectivity index (χ2v) is 7.19. The minimum atomic E-state index is 0.150. The third kappa shape index (κ3) is 3.81. The third-order valence-electron chi connectivity index (χ3n) is 5.11. The molecule has 1 N–H and O–H groups in total. The molecule has 130 valence electrons. The highest BCUT2D eigenvalue weighted by Crippen LogP contribution is 2.25. The fourth-order valence-corrected chi connectivity index (χ4v) is 3.29. The van der Waals surface area contributed by atoms with E-state index < -0.39 is 0 Å². The van der Waals surface area contributed by atoms with Crippen molar-refractivity contribution in [2.24, 2.45) is 5.92 Å². The second kappa shape index (κ2) is 6.82. The quantitative estimate of drug-likeness (QED) is 0.933. The van der Waals surface area contributed by atoms with E-state index in [1.165, 1.54) is 5.56 Å². The number of carbonyl (C=O) groups excluding carboxylic acids is 1. The molecule has 1 aliphatic heterocycles. The van der Waals surface area contributed by atoms with Crippen LogP contribution in [0.4, 0.5) is 5.82 Å². The minimum absolute atomic E-state index is 0.150. The van der Waals surface area contributed by atoms with Crippen LogP contribution in [-0.2, 0) is 4.79 Å². The number of hydrogen-bond acceptors (Lipinski definition) is 4. The van der Waals surface area contributed by atoms with Crippen LogP contribution in [0, 0.1) is 12.8 Å². The summed E-state index contributed by atoms with van der Waals surface area (Å²) in [6, 6.07) is 12.8. The van der Waals surface area contributed by atoms with Gasteiger partial charge in [-0.2, -0.15) is 0 Å². The number of rotatable bonds is 4. The molecular formula is C20H24N4O. The molecule has 2 heterocycles. The molecule has 2 fully saturated rings. The lowest BCUT2D eigenvalue weighted by atomic mass is 9.96. The summed E-state index contributed by atoms with van der Waals surface area (Å²) in [7, 11) is 0. The maximum atomic E-state index is 12.2. The van der Waals surface area contributed by atoms with Crippen LogP contribution in [-0.4, -0.2) is 35.2 Å². The standard InChI is InChI=1S/C20H24N4O/c1-14-2-4-15(5-3-14)18-8-9-19(23-22-18)24-12-10-16(11-13-24)20(25)21-17-6-7-17/h2-5,8-9,16-17H,6-7,10-13H2,1H3,(H,21,25). The minimum Gasteiger partial charge on any atom is -0.355 e. The SMILES string of the molecule is Cc1ccc(-c2ccc(N3CCC(C(=O)NC4CC4)CC3)nn2)cc1. The van der Waals surface area contributed by atoms with E-state index in [0.29, 0.717) is 6.04 Å². The van der Waals surface area contributed by atoms with Gasteiger partial charge in [-0.15, -0.1) is 10.2 Å². The average molecular weight is 336 g/mol. The topological polar surface area (TPSA) is 58.1 Å². The first-order valence-electron chi connectivity index (χ1n) is 9.15. The van der Waals surface area contributed by atoms with Crippen molar-refractivity contribution in [3.63, 3.8) is 0 Å². The van der Waals surface area contributed by atoms with Crippen molar-refractivity contribution in [1.82, 2.24) is 15.5 Å². The predicted octanol–water partition coefficient (Wildman–Crippen LogP) is 2.95. The summed E-state index contributed by atoms with van der Waals surface area (Å²) < 4.78 is 0. The summed E-state index contributed by atoms with van der Waals surface area (Å²) in [5, 5.41) is 11.9. The van der Waals surface area contributed by atoms with Crippen LogP contribution in [0.15, 0.2) is 36.4 Å². The maximum absolute atomic E-state index is 12.2. The fraction of sp³-hybridized carbons (Fsp3) is 0.450. The highest BCUT2D eigenvalue weighted by atomic mass is 16.2. The predicted molar refractivity (Wildman–Crippen MR) is 98.3 cm³/mol. The summed E-state index contributed by atoms with van der Waals surface area (Å²) in [4.78, 5) is 14.4. The second-order valence-electron chi connectivity index (χ2n) is 7.19. The summed E-state index contributed by atoms with van der Waals surface area (Å²) in [5.41, 5.74) is 3.21. The molecule has 0 bridgehead atoms. The van der Waals surface area contributed by atoms with E-state index in [1.807, 2.05) is 12.1 Å². The normalized spacial score (nSPS) is 18.2. The van der Waals surface area contributed by atoms with Gasteiger partial charge in [0.1, 0.15) is 0 Å². The lowest BCUT2D eigenvalue weighted by molar-refractivity contribution is -0.125. The summed E-state index contributed by atoms with van der Waals surface area (Å²) in [6.45, 7) is 3.80. The molecular weight excluding hydrogens is 312 g/mol. The van der Waals surface area contributed by atoms with Gasteiger partial charge in [0.25, 0.3) is 0 Å². The molecule has 0 atom stereocenters. The van der Waals surface area contributed by atoms with Crippen LogP contribution in [0.2, 0.25) is 0 Å². The number of aryl methyl sites for hydroxylation is 1. The molecule has 1 saturated carbocycles. The Morgan fingerprint density at radius 1 is 1.00 bits per heavy atom. The molecule has 1 aromatic heterocycles. The molecule has 5 heteroatoms. The number of aromatic nitrogens is 2. The molecule has 2 aromatic rings. The number of anilines is 1. The van der Waals surface area contributed by atoms with E-state index in [4.69, 9.17) is 0 Å². The molecule has 0 unspecified atom stereocenters. The Labute approximate surface area is 148 Å². The van der Waals surface area contributed by atoms with E-state index in [-0.39, 0.29) is 11.8 Å². The lowest BCUT2D eigenvalue weighted by Crippen LogP contribution is -2.41. The Kier molecular flexibility index (Phi) is 4.38. The van der Waals surface area contributed by atoms with E-state index >= 15 is 0 Å². The first-order chi connectivity index (χ1) is 12.2. The van der Waals surface area contributed by atoms with Crippen molar-refractivity contribution in [3.05, 3.63) is 42.0 Å². The van der Waals surface area contributed by atoms with E-state index in [2.05, 4.69) is 51.6 Å². The van der Waals surface area contributed by atoms with Gasteiger partial charge in [0, 0.05) is 30.6 Å². The first-order valence-corrected chi connectivity index (χ1v) is 9.15. The number of carbonyl (C=O) groups is 1. The van der Waals surface area contributed by atoms with Crippen molar-refractivity contribution < 1.29 is 4.79 Å². The van der Waals surface area contributed by atoms with Crippen molar-refractivity contribution in [2.75, 3.05) is 18.0 Å². The number of hydrogen-bond donors (Lipinski definition) is 1. The number of nitrogens with zero attached hydrogens (tertiary/aromatic N) is 3. The molecule has 1 aromatic carbocycles. The monoisotopic (exact) mass is 336 g/mol. The molecule has 5 nitrogen and oxygen atoms in total. The van der Waals surface area contributed by atoms with Gasteiger partial charge in [0.2, 0.25) is 5.91 Å². The fourth-order valence-electron chi connectivity index (χ4n) is 3.29. The first kappa shape index (κ1) is 16.1. The smallest absolute Gasteiger partial charge is 0.223 e. The average Bonchev–Trinajstić information content (AvgIpc) is 3.47. The van der Waals surface area contributed by atoms with Crippen LogP contribution in [0.5, 0.6) is 0 Å². The number of benzene rings is 1. The van der Waals surface area contributed by atoms with Gasteiger partial charge in [-0.25, -0.2) is 0 Å². The van der Waals surface area contributed by atoms with E-state index in [9.17, 15) is 4.79 Å². The Bertz CT molecular complexity index is 729. The van der Waals surface area contributed by atoms with Gasteiger partial charge in [-0.1, -0.05) is 29.8 Å². The lowest BCUT2D eigenvalue weighted by Gasteiger charge is -2.31. The zero-order valence-electron chi connectivity index (χ0n) is 14.6. The molecule has 2 aliphatic rings. The molecule has 0 spiro atoms. The van der Waals surface area contributed by atoms with Crippen LogP contribution in [0.3, 0.4) is 0 Å². The largest absolute Gasteiger partial charge is 0.355 e. The summed E-state index contributed by atoms with van der Waals surface area (Å²) >= 11 is 0. The van der Waals surface area contributed by atoms with E-state index in [1.54, 1.807) is 0 Å². The van der Waals surface area contributed by atoms with Crippen LogP contribution >= 0.6 is 0 Å². The number of piperidine rings is 1. The van der Waals surface area contributed by atoms with Gasteiger partial charge in [-0.05, 0) is 44.7 Å². The van der Waals surface area contributed by atoms with Gasteiger partial charge in [0.05, 0.1) is 5.69 Å². The highest BCUT2D eigenvalue weighted by molar-refractivity contribution is 5.79. The Hall–Kier alpha value is -2.43. The zero-order valence-corrected chi connectivity index (χ0v) is 14.6. The maximum Gasteiger partial charge on any atom is 0.223 e. The third-order valence-corrected chi connectivity index (χ3v) is 5.11. The van der Waals surface area contributed by atoms with E-state index in [0.717, 1.165) is 55.8 Å². The Morgan fingerprint density at radius 3 is 2.32 bits per heavy atom. The molecule has 25 heavy (non-hydrogen) atoms. The highest BCUT2D eigenvalue weighted by Gasteiger charge is 2.30. The Morgan fingerprint density at radius 2 is 1.72 bits per heavy atom. The van der Waals surface area contributed by atoms with Crippen molar-refractivity contribution in [3.8, 4) is 11.3 Å². The Balaban J connectivity index is 1.36. The molecule has 1 saturated heterocycles. The zero-order chi connectivity index (χ0) is 17.2. The molecule has 1 amide bonds. The molecule has 1 aliphatic carbocycles. The van der Waals surface area contributed by atoms with Crippen molar-refractivity contribution >= 4 is 11.7 Å². The van der Waals surface area contributed by atoms with Gasteiger partial charge in [0.15, 0.2) is 5.82 Å². The summed E-state index contributed by atoms with van der Waals surface area (Å²) in [5.74, 6) is 1.29. The van der Waals surface area contributed by atoms with Crippen LogP contribution in [0.25, 0.3) is 11.3 Å². The van der Waals surface area contributed by atoms with Gasteiger partial charge < -0.3 is 10.2 Å². The van der Waals surface area contributed by atoms with Crippen molar-refractivity contribution in [2.45, 2.75) is 38.6 Å². The van der Waals surface area contributed by atoms with Gasteiger partial charge in [-0.3, -0.25) is 4.79 Å². The van der Waals surface area contributed by atoms with Gasteiger partial charge >= 0.3 is 0 Å². The summed E-state index contributed by atoms with van der Waals surface area (Å²) in [6.07, 6.45) is 4.07. The molecule has 0 radical (unpaired) electrons. The van der Waals surface area contributed by atoms with Crippen LogP contribution in [0.1, 0.15) is 31.2 Å². The number of amides is 1. The molecule has 4 rings (SSSR count). The van der Waals surface area contributed by atoms with Crippen LogP contribution < -0.4 is 10.2 Å². The van der Waals surface area contributed by atoms with Crippen molar-refractivity contribution in [1.29, 1.82) is 0 Å². The number of nitrogens with one attached hydrogen (secondary N) is 1.